The molecule has 0 aliphatic rings. The highest BCUT2D eigenvalue weighted by atomic mass is 32.1. The van der Waals surface area contributed by atoms with Crippen molar-refractivity contribution in [2.24, 2.45) is 0 Å². The van der Waals surface area contributed by atoms with Gasteiger partial charge < -0.3 is 19.8 Å². The van der Waals surface area contributed by atoms with Gasteiger partial charge in [-0.1, -0.05) is 32.9 Å². The molecule has 2 aromatic carbocycles. The Balaban J connectivity index is 1.74. The first-order valence-electron chi connectivity index (χ1n) is 11.5. The summed E-state index contributed by atoms with van der Waals surface area (Å²) in [5.74, 6) is -0.725. The first-order chi connectivity index (χ1) is 17.6. The number of amides is 2. The Morgan fingerprint density at radius 3 is 2.16 bits per heavy atom. The topological polar surface area (TPSA) is 111 Å². The number of nitrogens with one attached hydrogen (secondary N) is 2. The lowest BCUT2D eigenvalue weighted by Gasteiger charge is -2.18. The van der Waals surface area contributed by atoms with Gasteiger partial charge in [-0.05, 0) is 58.8 Å². The Morgan fingerprint density at radius 1 is 0.919 bits per heavy atom. The lowest BCUT2D eigenvalue weighted by atomic mass is 9.87. The van der Waals surface area contributed by atoms with Gasteiger partial charge in [0.1, 0.15) is 4.88 Å². The third kappa shape index (κ3) is 5.78. The van der Waals surface area contributed by atoms with Gasteiger partial charge in [0.25, 0.3) is 5.91 Å². The van der Waals surface area contributed by atoms with Gasteiger partial charge >= 0.3 is 5.97 Å². The second-order valence-electron chi connectivity index (χ2n) is 9.39. The van der Waals surface area contributed by atoms with E-state index in [1.165, 1.54) is 14.0 Å². The molecule has 0 bridgehead atoms. The zero-order valence-electron chi connectivity index (χ0n) is 21.2. The van der Waals surface area contributed by atoms with Crippen LogP contribution in [0.25, 0.3) is 22.8 Å². The summed E-state index contributed by atoms with van der Waals surface area (Å²) in [5, 5.41) is 7.16. The second-order valence-corrected chi connectivity index (χ2v) is 10.3. The van der Waals surface area contributed by atoms with Crippen LogP contribution >= 0.6 is 11.3 Å². The number of nitrogens with zero attached hydrogens (tertiary/aromatic N) is 1. The van der Waals surface area contributed by atoms with Gasteiger partial charge in [0.15, 0.2) is 11.5 Å². The number of carbonyl (C=O) groups excluding carboxylic acids is 3. The van der Waals surface area contributed by atoms with E-state index in [4.69, 9.17) is 9.15 Å². The molecule has 0 aliphatic carbocycles. The monoisotopic (exact) mass is 517 g/mol. The lowest BCUT2D eigenvalue weighted by Crippen LogP contribution is -2.15. The van der Waals surface area contributed by atoms with Crippen LogP contribution in [0.1, 0.15) is 53.4 Å². The zero-order valence-corrected chi connectivity index (χ0v) is 22.0. The Bertz CT molecular complexity index is 1440. The summed E-state index contributed by atoms with van der Waals surface area (Å²) in [6, 6.07) is 16.4. The molecule has 9 heteroatoms. The number of hydrogen-bond acceptors (Lipinski definition) is 7. The summed E-state index contributed by atoms with van der Waals surface area (Å²) in [5.41, 5.74) is 3.45. The van der Waals surface area contributed by atoms with E-state index < -0.39 is 11.9 Å². The second kappa shape index (κ2) is 10.4. The Hall–Kier alpha value is -4.24. The maximum absolute atomic E-state index is 13.4. The maximum Gasteiger partial charge on any atom is 0.350 e. The van der Waals surface area contributed by atoms with Gasteiger partial charge in [-0.2, -0.15) is 0 Å². The molecule has 4 rings (SSSR count). The number of oxazole rings is 1. The van der Waals surface area contributed by atoms with Crippen LogP contribution in [0.15, 0.2) is 64.4 Å². The number of aromatic nitrogens is 1. The molecule has 8 nitrogen and oxygen atoms in total. The van der Waals surface area contributed by atoms with Crippen LogP contribution in [0.4, 0.5) is 11.4 Å². The third-order valence-corrected chi connectivity index (χ3v) is 6.49. The standard InChI is InChI=1S/C28H27N3O5S/c1-16(32)29-20-12-8-17(9-13-20)23-22(25(33)30-21-14-15-37-24(21)27(34)35-5)31-26(36-23)18-6-10-19(11-7-18)28(2,3)4/h6-15H,1-5H3,(H,29,32)(H,30,33). The summed E-state index contributed by atoms with van der Waals surface area (Å²) in [7, 11) is 1.28. The quantitative estimate of drug-likeness (QED) is 0.288. The molecule has 0 radical (unpaired) electrons. The molecule has 4 aromatic rings. The fourth-order valence-electron chi connectivity index (χ4n) is 3.65. The first-order valence-corrected chi connectivity index (χ1v) is 12.4. The zero-order chi connectivity index (χ0) is 26.7. The first kappa shape index (κ1) is 25.8. The van der Waals surface area contributed by atoms with Crippen molar-refractivity contribution in [3.8, 4) is 22.8 Å². The molecule has 2 heterocycles. The Kier molecular flexibility index (Phi) is 7.26. The van der Waals surface area contributed by atoms with Crippen LogP contribution in [0, 0.1) is 0 Å². The van der Waals surface area contributed by atoms with Crippen LogP contribution in [0.2, 0.25) is 0 Å². The number of rotatable bonds is 6. The van der Waals surface area contributed by atoms with Crippen molar-refractivity contribution >= 4 is 40.5 Å². The predicted octanol–water partition coefficient (Wildman–Crippen LogP) is 6.36. The molecule has 0 saturated heterocycles. The number of ether oxygens (including phenoxy) is 1. The number of thiophene rings is 1. The van der Waals surface area contributed by atoms with E-state index in [1.807, 2.05) is 24.3 Å². The fraction of sp³-hybridized carbons (Fsp3) is 0.214. The minimum Gasteiger partial charge on any atom is -0.465 e. The highest BCUT2D eigenvalue weighted by Gasteiger charge is 2.25. The highest BCUT2D eigenvalue weighted by Crippen LogP contribution is 2.33. The van der Waals surface area contributed by atoms with E-state index in [9.17, 15) is 14.4 Å². The van der Waals surface area contributed by atoms with E-state index in [-0.39, 0.29) is 33.5 Å². The minimum absolute atomic E-state index is 0.0150. The molecule has 2 aromatic heterocycles. The number of carbonyl (C=O) groups is 3. The minimum atomic E-state index is -0.543. The fourth-order valence-corrected chi connectivity index (χ4v) is 4.42. The van der Waals surface area contributed by atoms with E-state index in [2.05, 4.69) is 36.4 Å². The van der Waals surface area contributed by atoms with Crippen molar-refractivity contribution in [1.82, 2.24) is 4.98 Å². The van der Waals surface area contributed by atoms with Crippen molar-refractivity contribution in [2.75, 3.05) is 17.7 Å². The number of esters is 1. The Labute approximate surface area is 218 Å². The smallest absolute Gasteiger partial charge is 0.350 e. The molecular weight excluding hydrogens is 490 g/mol. The van der Waals surface area contributed by atoms with Crippen molar-refractivity contribution in [1.29, 1.82) is 0 Å². The van der Waals surface area contributed by atoms with Crippen LogP contribution in [-0.4, -0.2) is 29.9 Å². The summed E-state index contributed by atoms with van der Waals surface area (Å²) < 4.78 is 10.9. The van der Waals surface area contributed by atoms with E-state index in [0.29, 0.717) is 22.5 Å². The van der Waals surface area contributed by atoms with Crippen LogP contribution < -0.4 is 10.6 Å². The molecular formula is C28H27N3O5S. The number of methoxy groups -OCH3 is 1. The van der Waals surface area contributed by atoms with Crippen molar-refractivity contribution < 1.29 is 23.5 Å². The van der Waals surface area contributed by atoms with Crippen molar-refractivity contribution in [2.45, 2.75) is 33.1 Å². The normalized spacial score (nSPS) is 11.2. The third-order valence-electron chi connectivity index (χ3n) is 5.59. The van der Waals surface area contributed by atoms with Crippen LogP contribution in [-0.2, 0) is 14.9 Å². The lowest BCUT2D eigenvalue weighted by molar-refractivity contribution is -0.114. The molecule has 0 saturated carbocycles. The molecule has 0 spiro atoms. The van der Waals surface area contributed by atoms with Gasteiger partial charge in [-0.15, -0.1) is 11.3 Å². The van der Waals surface area contributed by atoms with E-state index >= 15 is 0 Å². The summed E-state index contributed by atoms with van der Waals surface area (Å²) in [6.45, 7) is 7.82. The predicted molar refractivity (Wildman–Crippen MR) is 144 cm³/mol. The molecule has 2 amide bonds. The number of anilines is 2. The molecule has 2 N–H and O–H groups in total. The van der Waals surface area contributed by atoms with E-state index in [1.54, 1.807) is 35.7 Å². The van der Waals surface area contributed by atoms with Gasteiger partial charge in [-0.3, -0.25) is 9.59 Å². The maximum atomic E-state index is 13.4. The highest BCUT2D eigenvalue weighted by molar-refractivity contribution is 7.12. The molecule has 0 fully saturated rings. The molecule has 0 unspecified atom stereocenters. The van der Waals surface area contributed by atoms with E-state index in [0.717, 1.165) is 16.9 Å². The van der Waals surface area contributed by atoms with Crippen molar-refractivity contribution in [3.05, 3.63) is 76.1 Å². The van der Waals surface area contributed by atoms with Crippen LogP contribution in [0.5, 0.6) is 0 Å². The van der Waals surface area contributed by atoms with Gasteiger partial charge in [0.05, 0.1) is 12.8 Å². The Morgan fingerprint density at radius 2 is 1.57 bits per heavy atom. The van der Waals surface area contributed by atoms with Gasteiger partial charge in [-0.25, -0.2) is 9.78 Å². The molecule has 37 heavy (non-hydrogen) atoms. The van der Waals surface area contributed by atoms with Gasteiger partial charge in [0, 0.05) is 23.7 Å². The van der Waals surface area contributed by atoms with Gasteiger partial charge in [0.2, 0.25) is 11.8 Å². The average molecular weight is 518 g/mol. The molecule has 0 aliphatic heterocycles. The summed E-state index contributed by atoms with van der Waals surface area (Å²) in [6.07, 6.45) is 0. The number of hydrogen-bond donors (Lipinski definition) is 2. The average Bonchev–Trinajstić information content (AvgIpc) is 3.51. The largest absolute Gasteiger partial charge is 0.465 e. The number of benzene rings is 2. The SMILES string of the molecule is COC(=O)c1sccc1NC(=O)c1nc(-c2ccc(C(C)(C)C)cc2)oc1-c1ccc(NC(C)=O)cc1. The van der Waals surface area contributed by atoms with Crippen molar-refractivity contribution in [3.63, 3.8) is 0 Å². The molecule has 190 valence electrons. The summed E-state index contributed by atoms with van der Waals surface area (Å²) >= 11 is 1.16. The summed E-state index contributed by atoms with van der Waals surface area (Å²) in [4.78, 5) is 41.6. The molecule has 0 atom stereocenters. The van der Waals surface area contributed by atoms with Crippen LogP contribution in [0.3, 0.4) is 0 Å².